The number of aryl methyl sites for hydroxylation is 1. The predicted octanol–water partition coefficient (Wildman–Crippen LogP) is 4.86. The lowest BCUT2D eigenvalue weighted by Crippen LogP contribution is -2.10. The fourth-order valence-corrected chi connectivity index (χ4v) is 3.69. The minimum atomic E-state index is -3.17. The highest BCUT2D eigenvalue weighted by molar-refractivity contribution is 9.10. The molecule has 1 unspecified atom stereocenters. The largest absolute Gasteiger partial charge is 0.431 e. The second kappa shape index (κ2) is 6.12. The number of nitrogens with zero attached hydrogens (tertiary/aromatic N) is 2. The number of carbonyl (C=O) groups is 1. The van der Waals surface area contributed by atoms with E-state index in [4.69, 9.17) is 0 Å². The van der Waals surface area contributed by atoms with Gasteiger partial charge in [0, 0.05) is 28.6 Å². The van der Waals surface area contributed by atoms with Crippen LogP contribution in [-0.4, -0.2) is 21.8 Å². The molecule has 26 heavy (non-hydrogen) atoms. The Balaban J connectivity index is 1.94. The monoisotopic (exact) mass is 424 g/mol. The van der Waals surface area contributed by atoms with Gasteiger partial charge in [0.1, 0.15) is 11.3 Å². The van der Waals surface area contributed by atoms with Crippen molar-refractivity contribution in [2.24, 2.45) is 0 Å². The third kappa shape index (κ3) is 2.59. The highest BCUT2D eigenvalue weighted by Gasteiger charge is 2.38. The van der Waals surface area contributed by atoms with Crippen molar-refractivity contribution in [3.05, 3.63) is 63.3 Å². The maximum absolute atomic E-state index is 14.1. The first kappa shape index (κ1) is 17.1. The molecule has 1 aliphatic rings. The molecule has 0 amide bonds. The van der Waals surface area contributed by atoms with Gasteiger partial charge in [0.05, 0.1) is 5.69 Å². The number of aromatic nitrogens is 2. The number of benzene rings is 1. The fraction of sp³-hybridized carbons (Fsp3) is 0.222. The number of hydrogen-bond acceptors (Lipinski definition) is 3. The van der Waals surface area contributed by atoms with Crippen LogP contribution in [0.5, 0.6) is 5.75 Å². The Morgan fingerprint density at radius 1 is 1.38 bits per heavy atom. The molecular formula is C18H12BrF3N2O2. The number of pyridine rings is 1. The Hall–Kier alpha value is -2.35. The van der Waals surface area contributed by atoms with Crippen LogP contribution in [0.2, 0.25) is 0 Å². The van der Waals surface area contributed by atoms with Crippen molar-refractivity contribution in [1.82, 2.24) is 9.38 Å². The molecule has 0 N–H and O–H groups in total. The van der Waals surface area contributed by atoms with E-state index in [1.165, 1.54) is 12.1 Å². The molecule has 134 valence electrons. The first-order valence-corrected chi connectivity index (χ1v) is 8.60. The number of carbonyl (C=O) groups excluding carboxylic acids is 1. The molecule has 1 aromatic carbocycles. The van der Waals surface area contributed by atoms with Crippen LogP contribution in [0.25, 0.3) is 5.65 Å². The molecule has 0 saturated heterocycles. The summed E-state index contributed by atoms with van der Waals surface area (Å²) in [6.45, 7) is -1.27. The third-order valence-corrected chi connectivity index (χ3v) is 5.33. The van der Waals surface area contributed by atoms with Crippen LogP contribution in [-0.2, 0) is 0 Å². The van der Waals surface area contributed by atoms with Crippen LogP contribution in [0.15, 0.2) is 34.9 Å². The normalized spacial score (nSPS) is 16.5. The smallest absolute Gasteiger partial charge is 0.387 e. The van der Waals surface area contributed by atoms with Crippen molar-refractivity contribution in [1.29, 1.82) is 0 Å². The lowest BCUT2D eigenvalue weighted by atomic mass is 9.95. The van der Waals surface area contributed by atoms with Gasteiger partial charge in [-0.15, -0.1) is 0 Å². The van der Waals surface area contributed by atoms with Gasteiger partial charge in [-0.1, -0.05) is 12.1 Å². The zero-order chi connectivity index (χ0) is 18.6. The number of para-hydroxylation sites is 1. The maximum Gasteiger partial charge on any atom is 0.387 e. The molecule has 3 aromatic rings. The molecule has 0 fully saturated rings. The average molecular weight is 425 g/mol. The minimum absolute atomic E-state index is 0.0230. The summed E-state index contributed by atoms with van der Waals surface area (Å²) in [5.41, 5.74) is 2.55. The topological polar surface area (TPSA) is 43.6 Å². The Labute approximate surface area is 154 Å². The minimum Gasteiger partial charge on any atom is -0.431 e. The molecule has 1 atom stereocenters. The number of alkyl halides is 2. The lowest BCUT2D eigenvalue weighted by molar-refractivity contribution is -0.0529. The van der Waals surface area contributed by atoms with E-state index in [-0.39, 0.29) is 23.5 Å². The summed E-state index contributed by atoms with van der Waals surface area (Å²) >= 11 is 3.44. The predicted molar refractivity (Wildman–Crippen MR) is 91.5 cm³/mol. The number of halogens is 4. The first-order chi connectivity index (χ1) is 12.4. The number of ketones is 1. The van der Waals surface area contributed by atoms with Gasteiger partial charge in [-0.3, -0.25) is 4.79 Å². The molecule has 0 saturated carbocycles. The van der Waals surface area contributed by atoms with Gasteiger partial charge >= 0.3 is 6.61 Å². The Bertz CT molecular complexity index is 1050. The molecule has 4 nitrogen and oxygen atoms in total. The van der Waals surface area contributed by atoms with Gasteiger partial charge in [0.25, 0.3) is 0 Å². The standard InChI is InChI=1S/C18H12BrF3N2O2/c1-8-5-14-23-15-13(25)6-10(16(15)24(14)7-11(8)19)9-3-2-4-12(20)17(9)26-18(21)22/h2-5,7,10,18H,6H2,1H3. The lowest BCUT2D eigenvalue weighted by Gasteiger charge is -2.17. The van der Waals surface area contributed by atoms with E-state index in [0.717, 1.165) is 16.1 Å². The van der Waals surface area contributed by atoms with Crippen LogP contribution >= 0.6 is 15.9 Å². The van der Waals surface area contributed by atoms with E-state index in [1.807, 2.05) is 13.0 Å². The van der Waals surface area contributed by atoms with Gasteiger partial charge in [0.2, 0.25) is 0 Å². The van der Waals surface area contributed by atoms with Crippen molar-refractivity contribution in [3.8, 4) is 5.75 Å². The number of ether oxygens (including phenoxy) is 1. The third-order valence-electron chi connectivity index (χ3n) is 4.50. The number of hydrogen-bond donors (Lipinski definition) is 0. The van der Waals surface area contributed by atoms with Crippen LogP contribution < -0.4 is 4.74 Å². The summed E-state index contributed by atoms with van der Waals surface area (Å²) in [7, 11) is 0. The number of rotatable bonds is 3. The van der Waals surface area contributed by atoms with Crippen LogP contribution in [0.1, 0.15) is 39.6 Å². The maximum atomic E-state index is 14.1. The fourth-order valence-electron chi connectivity index (χ4n) is 3.37. The molecule has 1 aliphatic carbocycles. The quantitative estimate of drug-likeness (QED) is 0.602. The Morgan fingerprint density at radius 2 is 2.15 bits per heavy atom. The first-order valence-electron chi connectivity index (χ1n) is 7.81. The van der Waals surface area contributed by atoms with Crippen molar-refractivity contribution < 1.29 is 22.7 Å². The summed E-state index contributed by atoms with van der Waals surface area (Å²) in [4.78, 5) is 16.8. The Morgan fingerprint density at radius 3 is 2.88 bits per heavy atom. The number of imidazole rings is 1. The SMILES string of the molecule is Cc1cc2nc3c(n2cc1Br)C(c1cccc(F)c1OC(F)F)CC3=O. The molecule has 2 heterocycles. The summed E-state index contributed by atoms with van der Waals surface area (Å²) in [5, 5.41) is 0. The van der Waals surface area contributed by atoms with Crippen molar-refractivity contribution in [3.63, 3.8) is 0 Å². The molecule has 4 rings (SSSR count). The van der Waals surface area contributed by atoms with E-state index in [2.05, 4.69) is 25.7 Å². The summed E-state index contributed by atoms with van der Waals surface area (Å²) in [5.74, 6) is -2.26. The molecule has 0 bridgehead atoms. The highest BCUT2D eigenvalue weighted by Crippen LogP contribution is 2.43. The van der Waals surface area contributed by atoms with E-state index < -0.39 is 24.1 Å². The second-order valence-corrected chi connectivity index (χ2v) is 6.95. The van der Waals surface area contributed by atoms with Gasteiger partial charge in [-0.2, -0.15) is 8.78 Å². The van der Waals surface area contributed by atoms with Gasteiger partial charge in [0.15, 0.2) is 17.3 Å². The molecular weight excluding hydrogens is 413 g/mol. The molecule has 8 heteroatoms. The van der Waals surface area contributed by atoms with Crippen molar-refractivity contribution in [2.45, 2.75) is 25.9 Å². The Kier molecular flexibility index (Phi) is 4.02. The van der Waals surface area contributed by atoms with Gasteiger partial charge in [-0.05, 0) is 40.5 Å². The van der Waals surface area contributed by atoms with Crippen LogP contribution in [0.3, 0.4) is 0 Å². The summed E-state index contributed by atoms with van der Waals surface area (Å²) < 4.78 is 46.6. The summed E-state index contributed by atoms with van der Waals surface area (Å²) in [6.07, 6.45) is 1.80. The number of fused-ring (bicyclic) bond motifs is 3. The van der Waals surface area contributed by atoms with Crippen molar-refractivity contribution >= 4 is 27.4 Å². The van der Waals surface area contributed by atoms with Gasteiger partial charge in [-0.25, -0.2) is 9.37 Å². The second-order valence-electron chi connectivity index (χ2n) is 6.09. The summed E-state index contributed by atoms with van der Waals surface area (Å²) in [6, 6.07) is 5.77. The van der Waals surface area contributed by atoms with E-state index in [0.29, 0.717) is 11.3 Å². The number of Topliss-reactive ketones (excluding diaryl/α,β-unsaturated/α-hetero) is 1. The highest BCUT2D eigenvalue weighted by atomic mass is 79.9. The molecule has 0 spiro atoms. The zero-order valence-electron chi connectivity index (χ0n) is 13.5. The molecule has 0 aliphatic heterocycles. The van der Waals surface area contributed by atoms with Crippen molar-refractivity contribution in [2.75, 3.05) is 0 Å². The van der Waals surface area contributed by atoms with Crippen LogP contribution in [0, 0.1) is 12.7 Å². The molecule has 2 aromatic heterocycles. The van der Waals surface area contributed by atoms with Crippen LogP contribution in [0.4, 0.5) is 13.2 Å². The molecule has 0 radical (unpaired) electrons. The van der Waals surface area contributed by atoms with Gasteiger partial charge < -0.3 is 9.14 Å². The average Bonchev–Trinajstić information content (AvgIpc) is 3.08. The van der Waals surface area contributed by atoms with E-state index >= 15 is 0 Å². The van der Waals surface area contributed by atoms with E-state index in [9.17, 15) is 18.0 Å². The van der Waals surface area contributed by atoms with E-state index in [1.54, 1.807) is 10.6 Å². The zero-order valence-corrected chi connectivity index (χ0v) is 15.1.